The van der Waals surface area contributed by atoms with Crippen molar-refractivity contribution in [3.63, 3.8) is 0 Å². The molecule has 0 saturated heterocycles. The lowest BCUT2D eigenvalue weighted by Crippen LogP contribution is -2.31. The second-order valence-electron chi connectivity index (χ2n) is 4.69. The summed E-state index contributed by atoms with van der Waals surface area (Å²) in [7, 11) is -3.68. The lowest BCUT2D eigenvalue weighted by Gasteiger charge is -2.18. The number of hydrogen-bond donors (Lipinski definition) is 2. The van der Waals surface area contributed by atoms with Gasteiger partial charge in [-0.1, -0.05) is 51.8 Å². The zero-order chi connectivity index (χ0) is 15.5. The van der Waals surface area contributed by atoms with E-state index in [-0.39, 0.29) is 11.5 Å². The fourth-order valence-electron chi connectivity index (χ4n) is 1.93. The molecule has 0 aliphatic carbocycles. The van der Waals surface area contributed by atoms with Gasteiger partial charge in [-0.15, -0.1) is 0 Å². The molecule has 0 amide bonds. The van der Waals surface area contributed by atoms with Crippen molar-refractivity contribution in [2.24, 2.45) is 0 Å². The molecule has 6 heteroatoms. The molecule has 2 N–H and O–H groups in total. The fourth-order valence-corrected chi connectivity index (χ4v) is 3.70. The van der Waals surface area contributed by atoms with Crippen molar-refractivity contribution in [3.05, 3.63) is 64.1 Å². The SMILES string of the molecule is Cc1ccc(S(=O)(=O)NC(CO)c2ccccc2Br)cc1. The molecule has 0 heterocycles. The average Bonchev–Trinajstić information content (AvgIpc) is 2.46. The summed E-state index contributed by atoms with van der Waals surface area (Å²) in [5.41, 5.74) is 1.68. The van der Waals surface area contributed by atoms with Crippen LogP contribution in [0, 0.1) is 6.92 Å². The number of halogens is 1. The van der Waals surface area contributed by atoms with Gasteiger partial charge in [-0.2, -0.15) is 0 Å². The van der Waals surface area contributed by atoms with Crippen LogP contribution < -0.4 is 4.72 Å². The molecule has 2 aromatic carbocycles. The summed E-state index contributed by atoms with van der Waals surface area (Å²) < 4.78 is 28.0. The van der Waals surface area contributed by atoms with Gasteiger partial charge < -0.3 is 5.11 Å². The number of benzene rings is 2. The van der Waals surface area contributed by atoms with Crippen LogP contribution in [0.5, 0.6) is 0 Å². The van der Waals surface area contributed by atoms with E-state index in [1.807, 2.05) is 13.0 Å². The van der Waals surface area contributed by atoms with Crippen molar-refractivity contribution < 1.29 is 13.5 Å². The number of sulfonamides is 1. The minimum Gasteiger partial charge on any atom is -0.394 e. The standard InChI is InChI=1S/C15H16BrNO3S/c1-11-6-8-12(9-7-11)21(19,20)17-15(10-18)13-4-2-3-5-14(13)16/h2-9,15,17-18H,10H2,1H3. The molecule has 0 spiro atoms. The van der Waals surface area contributed by atoms with Crippen LogP contribution in [0.2, 0.25) is 0 Å². The van der Waals surface area contributed by atoms with Crippen LogP contribution in [-0.4, -0.2) is 20.1 Å². The minimum atomic E-state index is -3.68. The van der Waals surface area contributed by atoms with E-state index in [1.54, 1.807) is 42.5 Å². The third-order valence-corrected chi connectivity index (χ3v) is 5.30. The van der Waals surface area contributed by atoms with Gasteiger partial charge in [-0.3, -0.25) is 0 Å². The molecule has 1 atom stereocenters. The lowest BCUT2D eigenvalue weighted by molar-refractivity contribution is 0.258. The summed E-state index contributed by atoms with van der Waals surface area (Å²) in [5, 5.41) is 9.51. The van der Waals surface area contributed by atoms with Crippen LogP contribution in [0.4, 0.5) is 0 Å². The molecular weight excluding hydrogens is 354 g/mol. The Hall–Kier alpha value is -1.21. The predicted octanol–water partition coefficient (Wildman–Crippen LogP) is 2.77. The number of hydrogen-bond acceptors (Lipinski definition) is 3. The van der Waals surface area contributed by atoms with E-state index in [9.17, 15) is 13.5 Å². The van der Waals surface area contributed by atoms with Gasteiger partial charge in [0.25, 0.3) is 0 Å². The number of aryl methyl sites for hydroxylation is 1. The van der Waals surface area contributed by atoms with E-state index < -0.39 is 16.1 Å². The normalized spacial score (nSPS) is 13.1. The summed E-state index contributed by atoms with van der Waals surface area (Å²) in [6, 6.07) is 13.1. The largest absolute Gasteiger partial charge is 0.394 e. The molecule has 1 unspecified atom stereocenters. The van der Waals surface area contributed by atoms with E-state index in [0.717, 1.165) is 10.0 Å². The first kappa shape index (κ1) is 16.2. The molecular formula is C15H16BrNO3S. The third kappa shape index (κ3) is 3.91. The van der Waals surface area contributed by atoms with Crippen molar-refractivity contribution in [3.8, 4) is 0 Å². The van der Waals surface area contributed by atoms with E-state index in [4.69, 9.17) is 0 Å². The molecule has 0 fully saturated rings. The van der Waals surface area contributed by atoms with Crippen molar-refractivity contribution >= 4 is 26.0 Å². The summed E-state index contributed by atoms with van der Waals surface area (Å²) >= 11 is 3.37. The lowest BCUT2D eigenvalue weighted by atomic mass is 10.1. The number of aliphatic hydroxyl groups is 1. The Balaban J connectivity index is 2.30. The highest BCUT2D eigenvalue weighted by atomic mass is 79.9. The Labute approximate surface area is 133 Å². The highest BCUT2D eigenvalue weighted by Gasteiger charge is 2.22. The maximum absolute atomic E-state index is 12.4. The Morgan fingerprint density at radius 1 is 1.14 bits per heavy atom. The molecule has 0 bridgehead atoms. The molecule has 0 aliphatic rings. The number of rotatable bonds is 5. The van der Waals surface area contributed by atoms with Crippen LogP contribution in [0.25, 0.3) is 0 Å². The summed E-state index contributed by atoms with van der Waals surface area (Å²) in [5.74, 6) is 0. The Kier molecular flexibility index (Phi) is 5.16. The van der Waals surface area contributed by atoms with E-state index in [2.05, 4.69) is 20.7 Å². The van der Waals surface area contributed by atoms with Crippen LogP contribution in [0.1, 0.15) is 17.2 Å². The number of aliphatic hydroxyl groups excluding tert-OH is 1. The van der Waals surface area contributed by atoms with Crippen LogP contribution >= 0.6 is 15.9 Å². The zero-order valence-corrected chi connectivity index (χ0v) is 13.9. The highest BCUT2D eigenvalue weighted by Crippen LogP contribution is 2.24. The van der Waals surface area contributed by atoms with Gasteiger partial charge in [0.1, 0.15) is 0 Å². The summed E-state index contributed by atoms with van der Waals surface area (Å²) in [6.45, 7) is 1.56. The molecule has 0 aromatic heterocycles. The van der Waals surface area contributed by atoms with Gasteiger partial charge in [0.2, 0.25) is 10.0 Å². The van der Waals surface area contributed by atoms with Crippen LogP contribution in [-0.2, 0) is 10.0 Å². The monoisotopic (exact) mass is 369 g/mol. The van der Waals surface area contributed by atoms with Gasteiger partial charge >= 0.3 is 0 Å². The summed E-state index contributed by atoms with van der Waals surface area (Å²) in [4.78, 5) is 0.179. The molecule has 21 heavy (non-hydrogen) atoms. The highest BCUT2D eigenvalue weighted by molar-refractivity contribution is 9.10. The first-order valence-corrected chi connectivity index (χ1v) is 8.66. The topological polar surface area (TPSA) is 66.4 Å². The predicted molar refractivity (Wildman–Crippen MR) is 85.5 cm³/mol. The van der Waals surface area contributed by atoms with Crippen molar-refractivity contribution in [2.45, 2.75) is 17.9 Å². The average molecular weight is 370 g/mol. The molecule has 0 saturated carbocycles. The van der Waals surface area contributed by atoms with Gasteiger partial charge in [0.15, 0.2) is 0 Å². The second-order valence-corrected chi connectivity index (χ2v) is 7.26. The van der Waals surface area contributed by atoms with Gasteiger partial charge in [-0.25, -0.2) is 13.1 Å². The van der Waals surface area contributed by atoms with Crippen LogP contribution in [0.15, 0.2) is 57.9 Å². The number of nitrogens with one attached hydrogen (secondary N) is 1. The molecule has 0 radical (unpaired) electrons. The fraction of sp³-hybridized carbons (Fsp3) is 0.200. The molecule has 0 aliphatic heterocycles. The van der Waals surface area contributed by atoms with E-state index >= 15 is 0 Å². The first-order valence-electron chi connectivity index (χ1n) is 6.38. The van der Waals surface area contributed by atoms with Crippen molar-refractivity contribution in [2.75, 3.05) is 6.61 Å². The van der Waals surface area contributed by atoms with E-state index in [1.165, 1.54) is 0 Å². The van der Waals surface area contributed by atoms with Gasteiger partial charge in [0, 0.05) is 4.47 Å². The van der Waals surface area contributed by atoms with Crippen LogP contribution in [0.3, 0.4) is 0 Å². The van der Waals surface area contributed by atoms with Gasteiger partial charge in [0.05, 0.1) is 17.5 Å². The Morgan fingerprint density at radius 3 is 2.33 bits per heavy atom. The first-order chi connectivity index (χ1) is 9.94. The maximum Gasteiger partial charge on any atom is 0.241 e. The third-order valence-electron chi connectivity index (χ3n) is 3.09. The minimum absolute atomic E-state index is 0.179. The van der Waals surface area contributed by atoms with Crippen molar-refractivity contribution in [1.82, 2.24) is 4.72 Å². The second kappa shape index (κ2) is 6.70. The molecule has 4 nitrogen and oxygen atoms in total. The molecule has 112 valence electrons. The zero-order valence-electron chi connectivity index (χ0n) is 11.5. The quantitative estimate of drug-likeness (QED) is 0.851. The van der Waals surface area contributed by atoms with Gasteiger partial charge in [-0.05, 0) is 30.7 Å². The summed E-state index contributed by atoms with van der Waals surface area (Å²) in [6.07, 6.45) is 0. The molecule has 2 aromatic rings. The Bertz CT molecular complexity index is 714. The maximum atomic E-state index is 12.4. The molecule has 2 rings (SSSR count). The smallest absolute Gasteiger partial charge is 0.241 e. The van der Waals surface area contributed by atoms with Crippen molar-refractivity contribution in [1.29, 1.82) is 0 Å². The Morgan fingerprint density at radius 2 is 1.76 bits per heavy atom. The van der Waals surface area contributed by atoms with E-state index in [0.29, 0.717) is 5.56 Å².